The first-order valence-corrected chi connectivity index (χ1v) is 10.6. The van der Waals surface area contributed by atoms with Gasteiger partial charge < -0.3 is 34.7 Å². The van der Waals surface area contributed by atoms with Crippen molar-refractivity contribution in [1.82, 2.24) is 0 Å². The van der Waals surface area contributed by atoms with Crippen molar-refractivity contribution >= 4 is 40.1 Å². The molecule has 0 saturated heterocycles. The third-order valence-corrected chi connectivity index (χ3v) is 5.68. The number of hydrogen-bond acceptors (Lipinski definition) is 10. The molecule has 0 aliphatic carbocycles. The summed E-state index contributed by atoms with van der Waals surface area (Å²) in [6.07, 6.45) is 0. The Kier molecular flexibility index (Phi) is 7.85. The molecule has 3 N–H and O–H groups in total. The van der Waals surface area contributed by atoms with Crippen molar-refractivity contribution in [3.05, 3.63) is 39.8 Å². The smallest absolute Gasteiger partial charge is 0.341 e. The second-order valence-corrected chi connectivity index (χ2v) is 7.76. The molecule has 1 aliphatic rings. The van der Waals surface area contributed by atoms with Crippen LogP contribution in [0.25, 0.3) is 0 Å². The van der Waals surface area contributed by atoms with Crippen LogP contribution in [0.5, 0.6) is 11.5 Å². The van der Waals surface area contributed by atoms with Crippen LogP contribution >= 0.6 is 11.3 Å². The molecule has 3 rings (SSSR count). The highest BCUT2D eigenvalue weighted by molar-refractivity contribution is 7.18. The summed E-state index contributed by atoms with van der Waals surface area (Å²) in [4.78, 5) is 49.0. The maximum absolute atomic E-state index is 12.5. The van der Waals surface area contributed by atoms with Crippen molar-refractivity contribution in [2.45, 2.75) is 6.92 Å². The zero-order valence-corrected chi connectivity index (χ0v) is 18.7. The number of benzene rings is 1. The summed E-state index contributed by atoms with van der Waals surface area (Å²) in [6.45, 7) is 1.82. The summed E-state index contributed by atoms with van der Waals surface area (Å²) in [5.74, 6) is -2.06. The second kappa shape index (κ2) is 10.8. The number of carbonyl (C=O) groups is 4. The Labute approximate surface area is 192 Å². The molecule has 0 unspecified atom stereocenters. The molecule has 1 aromatic heterocycles. The van der Waals surface area contributed by atoms with E-state index in [1.807, 2.05) is 0 Å². The lowest BCUT2D eigenvalue weighted by atomic mass is 10.1. The summed E-state index contributed by atoms with van der Waals surface area (Å²) in [6, 6.07) is 4.53. The molecule has 0 bridgehead atoms. The molecule has 2 heterocycles. The van der Waals surface area contributed by atoms with Crippen molar-refractivity contribution in [3.63, 3.8) is 0 Å². The third-order valence-electron chi connectivity index (χ3n) is 4.46. The van der Waals surface area contributed by atoms with E-state index in [1.54, 1.807) is 6.07 Å². The summed E-state index contributed by atoms with van der Waals surface area (Å²) < 4.78 is 25.8. The normalized spacial score (nSPS) is 12.1. The number of hydrogen-bond donors (Lipinski definition) is 2. The zero-order valence-electron chi connectivity index (χ0n) is 17.9. The van der Waals surface area contributed by atoms with Gasteiger partial charge in [-0.3, -0.25) is 9.59 Å². The molecule has 0 spiro atoms. The average Bonchev–Trinajstić information content (AvgIpc) is 3.13. The fourth-order valence-corrected chi connectivity index (χ4v) is 3.98. The molecule has 0 atom stereocenters. The lowest BCUT2D eigenvalue weighted by Crippen LogP contribution is -2.22. The number of nitrogens with two attached hydrogens (primary N) is 1. The van der Waals surface area contributed by atoms with Gasteiger partial charge in [0, 0.05) is 7.11 Å². The van der Waals surface area contributed by atoms with Gasteiger partial charge in [0.15, 0.2) is 18.1 Å². The molecule has 11 nitrogen and oxygen atoms in total. The Morgan fingerprint density at radius 3 is 2.48 bits per heavy atom. The molecule has 176 valence electrons. The Morgan fingerprint density at radius 1 is 1.06 bits per heavy atom. The highest BCUT2D eigenvalue weighted by atomic mass is 32.1. The molecule has 2 aromatic rings. The zero-order chi connectivity index (χ0) is 24.0. The molecule has 12 heteroatoms. The largest absolute Gasteiger partial charge is 0.486 e. The topological polar surface area (TPSA) is 152 Å². The second-order valence-electron chi connectivity index (χ2n) is 6.74. The van der Waals surface area contributed by atoms with Gasteiger partial charge in [0.05, 0.1) is 22.6 Å². The number of primary amides is 1. The summed E-state index contributed by atoms with van der Waals surface area (Å²) in [5.41, 5.74) is 5.81. The van der Waals surface area contributed by atoms with Crippen LogP contribution in [0.2, 0.25) is 0 Å². The first kappa shape index (κ1) is 24.0. The summed E-state index contributed by atoms with van der Waals surface area (Å²) >= 11 is 0.827. The number of esters is 2. The Balaban J connectivity index is 1.66. The predicted octanol–water partition coefficient (Wildman–Crippen LogP) is 1.53. The SMILES string of the molecule is COCCOC(=O)c1c(NC(=O)COC(=O)c2ccc3c(c2)OCCO3)sc(C(N)=O)c1C. The minimum atomic E-state index is -0.756. The van der Waals surface area contributed by atoms with Gasteiger partial charge in [-0.25, -0.2) is 9.59 Å². The third kappa shape index (κ3) is 5.79. The van der Waals surface area contributed by atoms with E-state index in [0.717, 1.165) is 11.3 Å². The number of methoxy groups -OCH3 is 1. The van der Waals surface area contributed by atoms with E-state index in [-0.39, 0.29) is 39.8 Å². The van der Waals surface area contributed by atoms with E-state index in [9.17, 15) is 19.2 Å². The summed E-state index contributed by atoms with van der Waals surface area (Å²) in [7, 11) is 1.45. The summed E-state index contributed by atoms with van der Waals surface area (Å²) in [5, 5.41) is 2.53. The van der Waals surface area contributed by atoms with Crippen molar-refractivity contribution in [3.8, 4) is 11.5 Å². The number of anilines is 1. The number of carbonyl (C=O) groups excluding carboxylic acids is 4. The minimum absolute atomic E-state index is 0.00332. The van der Waals surface area contributed by atoms with E-state index in [4.69, 9.17) is 29.4 Å². The van der Waals surface area contributed by atoms with Crippen LogP contribution in [0.4, 0.5) is 5.00 Å². The van der Waals surface area contributed by atoms with E-state index in [0.29, 0.717) is 24.7 Å². The van der Waals surface area contributed by atoms with E-state index >= 15 is 0 Å². The number of amides is 2. The van der Waals surface area contributed by atoms with Crippen LogP contribution in [0, 0.1) is 6.92 Å². The lowest BCUT2D eigenvalue weighted by Gasteiger charge is -2.18. The van der Waals surface area contributed by atoms with Crippen LogP contribution in [0.3, 0.4) is 0 Å². The van der Waals surface area contributed by atoms with Gasteiger partial charge >= 0.3 is 11.9 Å². The van der Waals surface area contributed by atoms with Crippen molar-refractivity contribution in [2.75, 3.05) is 45.5 Å². The molecule has 1 aliphatic heterocycles. The monoisotopic (exact) mass is 478 g/mol. The fourth-order valence-electron chi connectivity index (χ4n) is 2.92. The molecular weight excluding hydrogens is 456 g/mol. The Bertz CT molecular complexity index is 1080. The maximum atomic E-state index is 12.5. The molecule has 0 radical (unpaired) electrons. The molecule has 33 heavy (non-hydrogen) atoms. The van der Waals surface area contributed by atoms with Crippen LogP contribution in [-0.4, -0.2) is 63.9 Å². The highest BCUT2D eigenvalue weighted by Gasteiger charge is 2.26. The molecule has 0 saturated carbocycles. The average molecular weight is 478 g/mol. The van der Waals surface area contributed by atoms with Crippen LogP contribution in [0.15, 0.2) is 18.2 Å². The Morgan fingerprint density at radius 2 is 1.79 bits per heavy atom. The van der Waals surface area contributed by atoms with E-state index in [1.165, 1.54) is 26.2 Å². The molecule has 0 fully saturated rings. The molecule has 2 amide bonds. The first-order valence-electron chi connectivity index (χ1n) is 9.77. The fraction of sp³-hybridized carbons (Fsp3) is 0.333. The number of ether oxygens (including phenoxy) is 5. The number of thiophene rings is 1. The van der Waals surface area contributed by atoms with Crippen molar-refractivity contribution in [2.24, 2.45) is 5.73 Å². The van der Waals surface area contributed by atoms with Gasteiger partial charge in [-0.05, 0) is 30.7 Å². The Hall–Kier alpha value is -3.64. The van der Waals surface area contributed by atoms with Crippen LogP contribution in [0.1, 0.15) is 36.0 Å². The first-order chi connectivity index (χ1) is 15.8. The van der Waals surface area contributed by atoms with Gasteiger partial charge in [-0.15, -0.1) is 11.3 Å². The maximum Gasteiger partial charge on any atom is 0.341 e. The number of fused-ring (bicyclic) bond motifs is 1. The lowest BCUT2D eigenvalue weighted by molar-refractivity contribution is -0.119. The highest BCUT2D eigenvalue weighted by Crippen LogP contribution is 2.34. The van der Waals surface area contributed by atoms with Gasteiger partial charge in [-0.1, -0.05) is 0 Å². The number of rotatable bonds is 9. The minimum Gasteiger partial charge on any atom is -0.486 e. The standard InChI is InChI=1S/C21H22N2O9S/c1-11-16(21(27)31-6-5-28-2)19(33-17(11)18(22)25)23-15(24)10-32-20(26)12-3-4-13-14(9-12)30-8-7-29-13/h3-4,9H,5-8,10H2,1-2H3,(H2,22,25)(H,23,24). The predicted molar refractivity (Wildman–Crippen MR) is 116 cm³/mol. The van der Waals surface area contributed by atoms with Gasteiger partial charge in [0.25, 0.3) is 11.8 Å². The van der Waals surface area contributed by atoms with Crippen LogP contribution in [-0.2, 0) is 19.0 Å². The van der Waals surface area contributed by atoms with Crippen LogP contribution < -0.4 is 20.5 Å². The molecular formula is C21H22N2O9S. The van der Waals surface area contributed by atoms with E-state index in [2.05, 4.69) is 5.32 Å². The van der Waals surface area contributed by atoms with Gasteiger partial charge in [0.1, 0.15) is 24.8 Å². The van der Waals surface area contributed by atoms with Crippen molar-refractivity contribution in [1.29, 1.82) is 0 Å². The van der Waals surface area contributed by atoms with Gasteiger partial charge in [0.2, 0.25) is 0 Å². The number of nitrogens with one attached hydrogen (secondary N) is 1. The molecule has 1 aromatic carbocycles. The van der Waals surface area contributed by atoms with E-state index < -0.39 is 30.4 Å². The van der Waals surface area contributed by atoms with Crippen molar-refractivity contribution < 1.29 is 42.9 Å². The quantitative estimate of drug-likeness (QED) is 0.403. The van der Waals surface area contributed by atoms with Gasteiger partial charge in [-0.2, -0.15) is 0 Å².